The molecule has 0 saturated carbocycles. The zero-order valence-corrected chi connectivity index (χ0v) is 9.96. The van der Waals surface area contributed by atoms with Gasteiger partial charge in [0.15, 0.2) is 5.03 Å². The van der Waals surface area contributed by atoms with Crippen LogP contribution in [0.15, 0.2) is 29.3 Å². The number of hydrogen-bond acceptors (Lipinski definition) is 3. The van der Waals surface area contributed by atoms with Crippen molar-refractivity contribution >= 4 is 40.6 Å². The molecule has 0 spiro atoms. The Morgan fingerprint density at radius 2 is 2.06 bits per heavy atom. The molecular weight excluding hydrogens is 266 g/mol. The fraction of sp³-hybridized carbons (Fsp3) is 0. The number of nitro groups is 1. The van der Waals surface area contributed by atoms with E-state index in [1.54, 1.807) is 29.7 Å². The summed E-state index contributed by atoms with van der Waals surface area (Å²) in [6.07, 6.45) is 0. The summed E-state index contributed by atoms with van der Waals surface area (Å²) >= 11 is 10.5. The lowest BCUT2D eigenvalue weighted by atomic mass is 10.3. The van der Waals surface area contributed by atoms with Gasteiger partial charge in [-0.15, -0.1) is 0 Å². The van der Waals surface area contributed by atoms with Crippen molar-refractivity contribution in [2.75, 3.05) is 5.32 Å². The van der Waals surface area contributed by atoms with Crippen molar-refractivity contribution in [3.05, 3.63) is 39.4 Å². The molecule has 4 N–H and O–H groups in total. The van der Waals surface area contributed by atoms with Crippen molar-refractivity contribution in [3.63, 3.8) is 0 Å². The van der Waals surface area contributed by atoms with Crippen LogP contribution in [0, 0.1) is 10.1 Å². The Hall–Kier alpha value is -1.93. The molecule has 90 valence electrons. The van der Waals surface area contributed by atoms with Crippen molar-refractivity contribution in [1.29, 1.82) is 0 Å². The second-order valence-electron chi connectivity index (χ2n) is 2.80. The van der Waals surface area contributed by atoms with Crippen LogP contribution in [0.3, 0.4) is 0 Å². The van der Waals surface area contributed by atoms with Gasteiger partial charge in [0, 0.05) is 10.7 Å². The molecule has 0 radical (unpaired) electrons. The van der Waals surface area contributed by atoms with Crippen LogP contribution in [0.2, 0.25) is 5.02 Å². The van der Waals surface area contributed by atoms with E-state index in [0.29, 0.717) is 10.7 Å². The van der Waals surface area contributed by atoms with Crippen LogP contribution in [0.5, 0.6) is 0 Å². The number of anilines is 1. The maximum absolute atomic E-state index is 10.0. The minimum Gasteiger partial charge on any atom is -0.365 e. The molecule has 1 rings (SSSR count). The Morgan fingerprint density at radius 3 is 2.59 bits per heavy atom. The Balaban J connectivity index is 2.60. The quantitative estimate of drug-likeness (QED) is 0.245. The van der Waals surface area contributed by atoms with Gasteiger partial charge in [-0.1, -0.05) is 17.0 Å². The van der Waals surface area contributed by atoms with Crippen LogP contribution in [-0.2, 0) is 0 Å². The summed E-state index contributed by atoms with van der Waals surface area (Å²) in [6.45, 7) is 0. The number of rotatable bonds is 2. The Bertz CT molecular complexity index is 461. The smallest absolute Gasteiger partial charge is 0.258 e. The molecular formula is C8H8ClN5O2S. The number of nitrogens with two attached hydrogens (primary N) is 1. The number of hydrazine groups is 1. The van der Waals surface area contributed by atoms with E-state index in [4.69, 9.17) is 29.6 Å². The molecule has 0 saturated heterocycles. The number of thiocarbonyl (C=S) groups is 1. The van der Waals surface area contributed by atoms with Crippen molar-refractivity contribution in [3.8, 4) is 0 Å². The standard InChI is InChI=1S/C8H8ClN5O2S/c9-5-1-3-6(4-2-5)11-8(17)12-7(10)13-14(15)16/h1-4H,(H4,10,11,12,13,17). The highest BCUT2D eigenvalue weighted by Crippen LogP contribution is 2.13. The molecule has 17 heavy (non-hydrogen) atoms. The third-order valence-electron chi connectivity index (χ3n) is 1.52. The molecule has 0 heterocycles. The number of halogens is 1. The number of guanidine groups is 1. The van der Waals surface area contributed by atoms with E-state index in [1.165, 1.54) is 0 Å². The SMILES string of the molecule is NC(=NC(=S)Nc1ccc(Cl)cc1)N[N+](=O)[O-]. The molecule has 7 nitrogen and oxygen atoms in total. The topological polar surface area (TPSA) is 106 Å². The fourth-order valence-corrected chi connectivity index (χ4v) is 1.25. The zero-order valence-electron chi connectivity index (χ0n) is 8.38. The molecule has 0 aliphatic heterocycles. The van der Waals surface area contributed by atoms with Crippen LogP contribution < -0.4 is 16.5 Å². The van der Waals surface area contributed by atoms with Crippen LogP contribution in [0.1, 0.15) is 0 Å². The first kappa shape index (κ1) is 13.1. The molecule has 0 aliphatic rings. The minimum absolute atomic E-state index is 0.000766. The van der Waals surface area contributed by atoms with E-state index in [9.17, 15) is 10.1 Å². The summed E-state index contributed by atoms with van der Waals surface area (Å²) in [5, 5.41) is 12.5. The number of nitrogens with zero attached hydrogens (tertiary/aromatic N) is 2. The Kier molecular flexibility index (Phi) is 4.61. The van der Waals surface area contributed by atoms with E-state index in [2.05, 4.69) is 10.3 Å². The first-order valence-corrected chi connectivity index (χ1v) is 5.08. The maximum Gasteiger partial charge on any atom is 0.258 e. The van der Waals surface area contributed by atoms with Gasteiger partial charge >= 0.3 is 0 Å². The van der Waals surface area contributed by atoms with E-state index >= 15 is 0 Å². The van der Waals surface area contributed by atoms with Crippen molar-refractivity contribution in [2.45, 2.75) is 0 Å². The number of hydrogen-bond donors (Lipinski definition) is 3. The van der Waals surface area contributed by atoms with Crippen molar-refractivity contribution < 1.29 is 5.03 Å². The molecule has 0 atom stereocenters. The molecule has 0 aromatic heterocycles. The summed E-state index contributed by atoms with van der Waals surface area (Å²) in [4.78, 5) is 13.6. The monoisotopic (exact) mass is 273 g/mol. The number of nitrogens with one attached hydrogen (secondary N) is 2. The van der Waals surface area contributed by atoms with E-state index in [0.717, 1.165) is 0 Å². The number of benzene rings is 1. The van der Waals surface area contributed by atoms with Crippen molar-refractivity contribution in [2.24, 2.45) is 10.7 Å². The van der Waals surface area contributed by atoms with Gasteiger partial charge in [-0.05, 0) is 36.5 Å². The van der Waals surface area contributed by atoms with Crippen LogP contribution in [0.4, 0.5) is 5.69 Å². The highest BCUT2D eigenvalue weighted by molar-refractivity contribution is 7.80. The lowest BCUT2D eigenvalue weighted by Crippen LogP contribution is -2.37. The summed E-state index contributed by atoms with van der Waals surface area (Å²) in [5.74, 6) is -0.401. The molecule has 0 bridgehead atoms. The Labute approximate surface area is 107 Å². The second-order valence-corrected chi connectivity index (χ2v) is 3.63. The second kappa shape index (κ2) is 5.97. The van der Waals surface area contributed by atoms with E-state index in [1.807, 2.05) is 0 Å². The third-order valence-corrected chi connectivity index (χ3v) is 1.97. The van der Waals surface area contributed by atoms with Gasteiger partial charge in [-0.2, -0.15) is 4.99 Å². The predicted octanol–water partition coefficient (Wildman–Crippen LogP) is 1.13. The van der Waals surface area contributed by atoms with Gasteiger partial charge < -0.3 is 11.1 Å². The van der Waals surface area contributed by atoms with Crippen molar-refractivity contribution in [1.82, 2.24) is 5.43 Å². The number of aliphatic imine (C=N–C) groups is 1. The van der Waals surface area contributed by atoms with Gasteiger partial charge in [-0.3, -0.25) is 0 Å². The molecule has 0 fully saturated rings. The van der Waals surface area contributed by atoms with E-state index in [-0.39, 0.29) is 5.11 Å². The molecule has 1 aromatic rings. The normalized spacial score (nSPS) is 10.8. The third kappa shape index (κ3) is 5.09. The molecule has 1 aromatic carbocycles. The zero-order chi connectivity index (χ0) is 12.8. The average Bonchev–Trinajstić information content (AvgIpc) is 2.19. The van der Waals surface area contributed by atoms with E-state index < -0.39 is 11.0 Å². The van der Waals surface area contributed by atoms with Gasteiger partial charge in [-0.25, -0.2) is 10.1 Å². The van der Waals surface area contributed by atoms with Crippen LogP contribution in [0.25, 0.3) is 0 Å². The summed E-state index contributed by atoms with van der Waals surface area (Å²) < 4.78 is 0. The maximum atomic E-state index is 10.0. The first-order chi connectivity index (χ1) is 7.97. The van der Waals surface area contributed by atoms with Gasteiger partial charge in [0.05, 0.1) is 0 Å². The van der Waals surface area contributed by atoms with Gasteiger partial charge in [0.25, 0.3) is 5.96 Å². The van der Waals surface area contributed by atoms with Gasteiger partial charge in [0.1, 0.15) is 0 Å². The highest BCUT2D eigenvalue weighted by atomic mass is 35.5. The summed E-state index contributed by atoms with van der Waals surface area (Å²) in [6, 6.07) is 6.69. The molecule has 0 amide bonds. The largest absolute Gasteiger partial charge is 0.365 e. The van der Waals surface area contributed by atoms with Crippen LogP contribution in [-0.4, -0.2) is 16.1 Å². The first-order valence-electron chi connectivity index (χ1n) is 4.29. The highest BCUT2D eigenvalue weighted by Gasteiger charge is 2.01. The molecule has 0 unspecified atom stereocenters. The Morgan fingerprint density at radius 1 is 1.47 bits per heavy atom. The molecule has 9 heteroatoms. The minimum atomic E-state index is -0.830. The van der Waals surface area contributed by atoms with Gasteiger partial charge in [0.2, 0.25) is 5.11 Å². The molecule has 0 aliphatic carbocycles. The average molecular weight is 274 g/mol. The predicted molar refractivity (Wildman–Crippen MR) is 69.4 cm³/mol. The lowest BCUT2D eigenvalue weighted by Gasteiger charge is -2.04. The lowest BCUT2D eigenvalue weighted by molar-refractivity contribution is -0.525. The fourth-order valence-electron chi connectivity index (χ4n) is 0.913. The summed E-state index contributed by atoms with van der Waals surface area (Å²) in [7, 11) is 0. The van der Waals surface area contributed by atoms with Crippen LogP contribution >= 0.6 is 23.8 Å². The summed E-state index contributed by atoms with van der Waals surface area (Å²) in [5.41, 5.74) is 7.52.